The van der Waals surface area contributed by atoms with Gasteiger partial charge in [0.05, 0.1) is 12.8 Å². The molecule has 0 spiro atoms. The van der Waals surface area contributed by atoms with Gasteiger partial charge in [0.15, 0.2) is 5.78 Å². The summed E-state index contributed by atoms with van der Waals surface area (Å²) in [4.78, 5) is 18.6. The van der Waals surface area contributed by atoms with Crippen LogP contribution in [0.5, 0.6) is 5.75 Å². The third-order valence-corrected chi connectivity index (χ3v) is 3.07. The zero-order chi connectivity index (χ0) is 15.2. The van der Waals surface area contributed by atoms with Gasteiger partial charge < -0.3 is 9.64 Å². The Bertz CT molecular complexity index is 624. The molecule has 4 nitrogen and oxygen atoms in total. The number of aromatic nitrogens is 1. The zero-order valence-electron chi connectivity index (χ0n) is 12.7. The van der Waals surface area contributed by atoms with Gasteiger partial charge in [0.25, 0.3) is 0 Å². The molecule has 0 saturated carbocycles. The van der Waals surface area contributed by atoms with Gasteiger partial charge in [0, 0.05) is 37.1 Å². The van der Waals surface area contributed by atoms with Gasteiger partial charge in [-0.1, -0.05) is 19.1 Å². The molecule has 0 unspecified atom stereocenters. The van der Waals surface area contributed by atoms with Gasteiger partial charge in [0.2, 0.25) is 0 Å². The average Bonchev–Trinajstić information content (AvgIpc) is 2.52. The van der Waals surface area contributed by atoms with Crippen molar-refractivity contribution in [2.24, 2.45) is 0 Å². The lowest BCUT2D eigenvalue weighted by Gasteiger charge is -2.13. The van der Waals surface area contributed by atoms with Crippen molar-refractivity contribution >= 4 is 11.5 Å². The summed E-state index contributed by atoms with van der Waals surface area (Å²) < 4.78 is 5.52. The highest BCUT2D eigenvalue weighted by molar-refractivity contribution is 6.09. The van der Waals surface area contributed by atoms with Crippen LogP contribution in [0.3, 0.4) is 0 Å². The van der Waals surface area contributed by atoms with Crippen LogP contribution in [-0.4, -0.2) is 31.5 Å². The van der Waals surface area contributed by atoms with E-state index in [2.05, 4.69) is 4.98 Å². The minimum atomic E-state index is -0.0480. The molecule has 0 amide bonds. The summed E-state index contributed by atoms with van der Waals surface area (Å²) in [6.07, 6.45) is 4.12. The van der Waals surface area contributed by atoms with Crippen LogP contribution < -0.4 is 9.64 Å². The Morgan fingerprint density at radius 2 is 2.00 bits per heavy atom. The number of ketones is 1. The molecule has 1 aromatic heterocycles. The standard InChI is InChI=1S/C17H20N2O2/c1-4-8-21-16-10-14(11-18-12-16)17(20)13-6-5-7-15(9-13)19(2)3/h5-7,9-12H,4,8H2,1-3H3. The fourth-order valence-corrected chi connectivity index (χ4v) is 1.93. The maximum Gasteiger partial charge on any atom is 0.194 e. The zero-order valence-corrected chi connectivity index (χ0v) is 12.7. The molecule has 110 valence electrons. The maximum absolute atomic E-state index is 12.5. The largest absolute Gasteiger partial charge is 0.492 e. The number of pyridine rings is 1. The van der Waals surface area contributed by atoms with E-state index in [0.717, 1.165) is 12.1 Å². The van der Waals surface area contributed by atoms with E-state index in [1.54, 1.807) is 18.5 Å². The molecule has 0 bridgehead atoms. The summed E-state index contributed by atoms with van der Waals surface area (Å²) in [6, 6.07) is 9.29. The first-order valence-corrected chi connectivity index (χ1v) is 7.01. The summed E-state index contributed by atoms with van der Waals surface area (Å²) >= 11 is 0. The normalized spacial score (nSPS) is 10.2. The van der Waals surface area contributed by atoms with Gasteiger partial charge in [-0.25, -0.2) is 0 Å². The number of carbonyl (C=O) groups excluding carboxylic acids is 1. The minimum Gasteiger partial charge on any atom is -0.492 e. The monoisotopic (exact) mass is 284 g/mol. The molecular formula is C17H20N2O2. The van der Waals surface area contributed by atoms with E-state index in [9.17, 15) is 4.79 Å². The molecule has 0 aliphatic rings. The highest BCUT2D eigenvalue weighted by Crippen LogP contribution is 2.19. The lowest BCUT2D eigenvalue weighted by molar-refractivity contribution is 0.103. The van der Waals surface area contributed by atoms with Crippen LogP contribution in [0.4, 0.5) is 5.69 Å². The van der Waals surface area contributed by atoms with Crippen molar-refractivity contribution in [1.29, 1.82) is 0 Å². The van der Waals surface area contributed by atoms with E-state index in [0.29, 0.717) is 23.5 Å². The highest BCUT2D eigenvalue weighted by Gasteiger charge is 2.11. The number of anilines is 1. The molecule has 0 saturated heterocycles. The van der Waals surface area contributed by atoms with Crippen molar-refractivity contribution in [2.75, 3.05) is 25.6 Å². The second-order valence-electron chi connectivity index (χ2n) is 5.03. The fraction of sp³-hybridized carbons (Fsp3) is 0.294. The molecule has 2 aromatic rings. The molecule has 21 heavy (non-hydrogen) atoms. The lowest BCUT2D eigenvalue weighted by atomic mass is 10.0. The van der Waals surface area contributed by atoms with Gasteiger partial charge in [-0.2, -0.15) is 0 Å². The van der Waals surface area contributed by atoms with Crippen molar-refractivity contribution in [2.45, 2.75) is 13.3 Å². The van der Waals surface area contributed by atoms with Gasteiger partial charge in [0.1, 0.15) is 5.75 Å². The molecule has 0 atom stereocenters. The summed E-state index contributed by atoms with van der Waals surface area (Å²) in [5.41, 5.74) is 2.18. The Balaban J connectivity index is 2.25. The lowest BCUT2D eigenvalue weighted by Crippen LogP contribution is -2.10. The van der Waals surface area contributed by atoms with Crippen molar-refractivity contribution in [3.8, 4) is 5.75 Å². The van der Waals surface area contributed by atoms with Gasteiger partial charge in [-0.3, -0.25) is 9.78 Å². The first kappa shape index (κ1) is 15.0. The maximum atomic E-state index is 12.5. The van der Waals surface area contributed by atoms with E-state index in [4.69, 9.17) is 4.74 Å². The Morgan fingerprint density at radius 1 is 1.19 bits per heavy atom. The second-order valence-corrected chi connectivity index (χ2v) is 5.03. The Kier molecular flexibility index (Phi) is 4.93. The van der Waals surface area contributed by atoms with Crippen LogP contribution in [0.25, 0.3) is 0 Å². The summed E-state index contributed by atoms with van der Waals surface area (Å²) in [6.45, 7) is 2.66. The first-order chi connectivity index (χ1) is 10.1. The van der Waals surface area contributed by atoms with Crippen LogP contribution in [0, 0.1) is 0 Å². The quantitative estimate of drug-likeness (QED) is 0.764. The van der Waals surface area contributed by atoms with Crippen molar-refractivity contribution in [3.63, 3.8) is 0 Å². The Labute approximate surface area is 125 Å². The van der Waals surface area contributed by atoms with E-state index in [-0.39, 0.29) is 5.78 Å². The van der Waals surface area contributed by atoms with Crippen molar-refractivity contribution in [1.82, 2.24) is 4.98 Å². The Morgan fingerprint density at radius 3 is 2.71 bits per heavy atom. The molecule has 0 N–H and O–H groups in total. The summed E-state index contributed by atoms with van der Waals surface area (Å²) in [7, 11) is 3.90. The molecule has 0 aliphatic carbocycles. The Hall–Kier alpha value is -2.36. The van der Waals surface area contributed by atoms with Crippen LogP contribution in [-0.2, 0) is 0 Å². The highest BCUT2D eigenvalue weighted by atomic mass is 16.5. The molecule has 0 aliphatic heterocycles. The predicted octanol–water partition coefficient (Wildman–Crippen LogP) is 3.17. The van der Waals surface area contributed by atoms with Crippen molar-refractivity contribution < 1.29 is 9.53 Å². The first-order valence-electron chi connectivity index (χ1n) is 7.01. The number of ether oxygens (including phenoxy) is 1. The van der Waals surface area contributed by atoms with Crippen molar-refractivity contribution in [3.05, 3.63) is 53.9 Å². The van der Waals surface area contributed by atoms with Crippen LogP contribution in [0.2, 0.25) is 0 Å². The average molecular weight is 284 g/mol. The SMILES string of the molecule is CCCOc1cncc(C(=O)c2cccc(N(C)C)c2)c1. The van der Waals surface area contributed by atoms with E-state index < -0.39 is 0 Å². The minimum absolute atomic E-state index is 0.0480. The molecule has 0 radical (unpaired) electrons. The fourth-order valence-electron chi connectivity index (χ4n) is 1.93. The van der Waals surface area contributed by atoms with Gasteiger partial charge in [-0.05, 0) is 24.6 Å². The molecule has 0 fully saturated rings. The number of rotatable bonds is 6. The predicted molar refractivity (Wildman–Crippen MR) is 84.2 cm³/mol. The number of hydrogen-bond donors (Lipinski definition) is 0. The van der Waals surface area contributed by atoms with Gasteiger partial charge >= 0.3 is 0 Å². The molecule has 1 heterocycles. The van der Waals surface area contributed by atoms with E-state index in [1.165, 1.54) is 0 Å². The number of benzene rings is 1. The van der Waals surface area contributed by atoms with Crippen LogP contribution in [0.15, 0.2) is 42.7 Å². The molecule has 2 rings (SSSR count). The molecule has 1 aromatic carbocycles. The number of carbonyl (C=O) groups is 1. The second kappa shape index (κ2) is 6.88. The summed E-state index contributed by atoms with van der Waals surface area (Å²) in [5, 5.41) is 0. The van der Waals surface area contributed by atoms with Crippen LogP contribution >= 0.6 is 0 Å². The topological polar surface area (TPSA) is 42.4 Å². The third-order valence-electron chi connectivity index (χ3n) is 3.07. The van der Waals surface area contributed by atoms with Crippen LogP contribution in [0.1, 0.15) is 29.3 Å². The third kappa shape index (κ3) is 3.81. The number of hydrogen-bond acceptors (Lipinski definition) is 4. The smallest absolute Gasteiger partial charge is 0.194 e. The van der Waals surface area contributed by atoms with Gasteiger partial charge in [-0.15, -0.1) is 0 Å². The number of nitrogens with zero attached hydrogens (tertiary/aromatic N) is 2. The van der Waals surface area contributed by atoms with E-state index in [1.807, 2.05) is 50.2 Å². The molecular weight excluding hydrogens is 264 g/mol. The van der Waals surface area contributed by atoms with E-state index >= 15 is 0 Å². The molecule has 4 heteroatoms. The summed E-state index contributed by atoms with van der Waals surface area (Å²) in [5.74, 6) is 0.583.